The largest absolute Gasteiger partial charge is 0.485 e. The average Bonchev–Trinajstić information content (AvgIpc) is 2.91. The number of anilines is 2. The Balaban J connectivity index is 1.65. The highest BCUT2D eigenvalue weighted by Crippen LogP contribution is 2.24. The minimum atomic E-state index is -0.323. The summed E-state index contributed by atoms with van der Waals surface area (Å²) in [6, 6.07) is 10.2. The van der Waals surface area contributed by atoms with Crippen LogP contribution in [0.15, 0.2) is 42.6 Å². The second-order valence-electron chi connectivity index (χ2n) is 4.85. The zero-order chi connectivity index (χ0) is 13.9. The van der Waals surface area contributed by atoms with Crippen molar-refractivity contribution in [1.82, 2.24) is 4.98 Å². The Morgan fingerprint density at radius 2 is 2.10 bits per heavy atom. The van der Waals surface area contributed by atoms with Crippen molar-refractivity contribution in [2.75, 3.05) is 23.7 Å². The fourth-order valence-electron chi connectivity index (χ4n) is 2.34. The number of para-hydroxylation sites is 1. The van der Waals surface area contributed by atoms with E-state index in [1.165, 1.54) is 6.07 Å². The Kier molecular flexibility index (Phi) is 3.41. The van der Waals surface area contributed by atoms with E-state index in [1.807, 2.05) is 12.1 Å². The minimum Gasteiger partial charge on any atom is -0.485 e. The standard InChI is InChI=1S/C15H16FN3O/c16-13-3-1-2-4-14(13)20-12-7-8-19(10-12)15-6-5-11(17)9-18-15/h1-6,9,12H,7-8,10,17H2. The molecule has 0 saturated carbocycles. The summed E-state index contributed by atoms with van der Waals surface area (Å²) in [4.78, 5) is 6.41. The van der Waals surface area contributed by atoms with Gasteiger partial charge in [-0.3, -0.25) is 0 Å². The Morgan fingerprint density at radius 3 is 2.85 bits per heavy atom. The SMILES string of the molecule is Nc1ccc(N2CCC(Oc3ccccc3F)C2)nc1. The summed E-state index contributed by atoms with van der Waals surface area (Å²) >= 11 is 0. The number of hydrogen-bond donors (Lipinski definition) is 1. The molecule has 5 heteroatoms. The molecule has 1 saturated heterocycles. The second-order valence-corrected chi connectivity index (χ2v) is 4.85. The number of nitrogens with zero attached hydrogens (tertiary/aromatic N) is 2. The van der Waals surface area contributed by atoms with E-state index in [9.17, 15) is 4.39 Å². The van der Waals surface area contributed by atoms with E-state index in [1.54, 1.807) is 24.4 Å². The van der Waals surface area contributed by atoms with Gasteiger partial charge in [0.15, 0.2) is 11.6 Å². The Morgan fingerprint density at radius 1 is 1.25 bits per heavy atom. The molecule has 3 rings (SSSR count). The van der Waals surface area contributed by atoms with E-state index < -0.39 is 0 Å². The first-order valence-electron chi connectivity index (χ1n) is 6.60. The van der Waals surface area contributed by atoms with Crippen LogP contribution >= 0.6 is 0 Å². The van der Waals surface area contributed by atoms with Crippen molar-refractivity contribution >= 4 is 11.5 Å². The molecule has 0 radical (unpaired) electrons. The second kappa shape index (κ2) is 5.36. The predicted octanol–water partition coefficient (Wildman–Crippen LogP) is 2.46. The van der Waals surface area contributed by atoms with Crippen molar-refractivity contribution < 1.29 is 9.13 Å². The van der Waals surface area contributed by atoms with Crippen LogP contribution in [0.3, 0.4) is 0 Å². The molecule has 1 aromatic carbocycles. The van der Waals surface area contributed by atoms with E-state index in [0.29, 0.717) is 18.0 Å². The van der Waals surface area contributed by atoms with Crippen molar-refractivity contribution in [3.63, 3.8) is 0 Å². The van der Waals surface area contributed by atoms with E-state index >= 15 is 0 Å². The third kappa shape index (κ3) is 2.66. The highest BCUT2D eigenvalue weighted by molar-refractivity contribution is 5.46. The first-order valence-corrected chi connectivity index (χ1v) is 6.60. The quantitative estimate of drug-likeness (QED) is 0.933. The molecule has 2 N–H and O–H groups in total. The highest BCUT2D eigenvalue weighted by atomic mass is 19.1. The molecule has 0 amide bonds. The summed E-state index contributed by atoms with van der Waals surface area (Å²) in [5, 5.41) is 0. The smallest absolute Gasteiger partial charge is 0.165 e. The molecule has 104 valence electrons. The van der Waals surface area contributed by atoms with E-state index in [4.69, 9.17) is 10.5 Å². The first-order chi connectivity index (χ1) is 9.72. The van der Waals surface area contributed by atoms with Gasteiger partial charge in [-0.05, 0) is 24.3 Å². The molecule has 1 unspecified atom stereocenters. The Bertz CT molecular complexity index is 588. The van der Waals surface area contributed by atoms with Gasteiger partial charge in [-0.1, -0.05) is 12.1 Å². The van der Waals surface area contributed by atoms with Gasteiger partial charge in [-0.2, -0.15) is 0 Å². The summed E-state index contributed by atoms with van der Waals surface area (Å²) < 4.78 is 19.3. The number of aromatic nitrogens is 1. The highest BCUT2D eigenvalue weighted by Gasteiger charge is 2.25. The van der Waals surface area contributed by atoms with Gasteiger partial charge in [0.05, 0.1) is 18.4 Å². The van der Waals surface area contributed by atoms with Crippen LogP contribution in [0.1, 0.15) is 6.42 Å². The molecule has 2 aromatic rings. The lowest BCUT2D eigenvalue weighted by atomic mass is 10.3. The number of nitrogens with two attached hydrogens (primary N) is 1. The van der Waals surface area contributed by atoms with Crippen LogP contribution in [-0.4, -0.2) is 24.2 Å². The van der Waals surface area contributed by atoms with Crippen LogP contribution in [-0.2, 0) is 0 Å². The maximum atomic E-state index is 13.5. The monoisotopic (exact) mass is 273 g/mol. The summed E-state index contributed by atoms with van der Waals surface area (Å²) in [7, 11) is 0. The summed E-state index contributed by atoms with van der Waals surface area (Å²) in [5.74, 6) is 0.861. The Labute approximate surface area is 117 Å². The maximum Gasteiger partial charge on any atom is 0.165 e. The first kappa shape index (κ1) is 12.7. The lowest BCUT2D eigenvalue weighted by Crippen LogP contribution is -2.25. The van der Waals surface area contributed by atoms with Gasteiger partial charge in [-0.25, -0.2) is 9.37 Å². The molecule has 1 aliphatic heterocycles. The van der Waals surface area contributed by atoms with Crippen molar-refractivity contribution in [3.8, 4) is 5.75 Å². The fraction of sp³-hybridized carbons (Fsp3) is 0.267. The van der Waals surface area contributed by atoms with Crippen LogP contribution in [0, 0.1) is 5.82 Å². The van der Waals surface area contributed by atoms with Crippen molar-refractivity contribution in [2.24, 2.45) is 0 Å². The van der Waals surface area contributed by atoms with Gasteiger partial charge in [0.25, 0.3) is 0 Å². The third-order valence-electron chi connectivity index (χ3n) is 3.37. The number of nitrogen functional groups attached to an aromatic ring is 1. The number of benzene rings is 1. The Hall–Kier alpha value is -2.30. The van der Waals surface area contributed by atoms with Crippen LogP contribution in [0.5, 0.6) is 5.75 Å². The summed E-state index contributed by atoms with van der Waals surface area (Å²) in [6.45, 7) is 1.54. The average molecular weight is 273 g/mol. The van der Waals surface area contributed by atoms with Crippen LogP contribution in [0.2, 0.25) is 0 Å². The third-order valence-corrected chi connectivity index (χ3v) is 3.37. The molecule has 1 aliphatic rings. The molecule has 1 atom stereocenters. The molecule has 1 aromatic heterocycles. The number of ether oxygens (including phenoxy) is 1. The normalized spacial score (nSPS) is 18.2. The molecular formula is C15H16FN3O. The van der Waals surface area contributed by atoms with Gasteiger partial charge >= 0.3 is 0 Å². The van der Waals surface area contributed by atoms with Gasteiger partial charge in [0, 0.05) is 13.0 Å². The zero-order valence-corrected chi connectivity index (χ0v) is 11.0. The van der Waals surface area contributed by atoms with Crippen LogP contribution < -0.4 is 15.4 Å². The molecule has 20 heavy (non-hydrogen) atoms. The van der Waals surface area contributed by atoms with Gasteiger partial charge < -0.3 is 15.4 Å². The number of pyridine rings is 1. The van der Waals surface area contributed by atoms with Gasteiger partial charge in [0.2, 0.25) is 0 Å². The van der Waals surface area contributed by atoms with Crippen molar-refractivity contribution in [3.05, 3.63) is 48.4 Å². The lowest BCUT2D eigenvalue weighted by molar-refractivity contribution is 0.215. The molecule has 2 heterocycles. The van der Waals surface area contributed by atoms with Crippen molar-refractivity contribution in [2.45, 2.75) is 12.5 Å². The van der Waals surface area contributed by atoms with E-state index in [-0.39, 0.29) is 11.9 Å². The molecule has 0 spiro atoms. The molecular weight excluding hydrogens is 257 g/mol. The van der Waals surface area contributed by atoms with Crippen molar-refractivity contribution in [1.29, 1.82) is 0 Å². The predicted molar refractivity (Wildman–Crippen MR) is 76.3 cm³/mol. The van der Waals surface area contributed by atoms with Gasteiger partial charge in [0.1, 0.15) is 11.9 Å². The summed E-state index contributed by atoms with van der Waals surface area (Å²) in [5.41, 5.74) is 6.27. The number of halogens is 1. The maximum absolute atomic E-state index is 13.5. The minimum absolute atomic E-state index is 0.0220. The molecule has 0 bridgehead atoms. The van der Waals surface area contributed by atoms with E-state index in [0.717, 1.165) is 18.8 Å². The molecule has 1 fully saturated rings. The fourth-order valence-corrected chi connectivity index (χ4v) is 2.34. The number of rotatable bonds is 3. The number of hydrogen-bond acceptors (Lipinski definition) is 4. The molecule has 0 aliphatic carbocycles. The zero-order valence-electron chi connectivity index (χ0n) is 11.0. The van der Waals surface area contributed by atoms with Crippen LogP contribution in [0.25, 0.3) is 0 Å². The van der Waals surface area contributed by atoms with E-state index in [2.05, 4.69) is 9.88 Å². The lowest BCUT2D eigenvalue weighted by Gasteiger charge is -2.18. The van der Waals surface area contributed by atoms with Gasteiger partial charge in [-0.15, -0.1) is 0 Å². The topological polar surface area (TPSA) is 51.4 Å². The molecule has 4 nitrogen and oxygen atoms in total. The van der Waals surface area contributed by atoms with Crippen LogP contribution in [0.4, 0.5) is 15.9 Å². The summed E-state index contributed by atoms with van der Waals surface area (Å²) in [6.07, 6.45) is 2.46.